The van der Waals surface area contributed by atoms with Gasteiger partial charge in [-0.2, -0.15) is 0 Å². The van der Waals surface area contributed by atoms with E-state index in [1.807, 2.05) is 0 Å². The van der Waals surface area contributed by atoms with Gasteiger partial charge in [-0.15, -0.1) is 12.4 Å². The van der Waals surface area contributed by atoms with Crippen molar-refractivity contribution < 1.29 is 29.2 Å². The lowest BCUT2D eigenvalue weighted by atomic mass is 9.81. The highest BCUT2D eigenvalue weighted by Crippen LogP contribution is 2.28. The Morgan fingerprint density at radius 3 is 2.30 bits per heavy atom. The van der Waals surface area contributed by atoms with E-state index < -0.39 is 16.9 Å². The molecule has 1 amide bonds. The molecule has 1 aliphatic carbocycles. The minimum Gasteiger partial charge on any atom is -0.480 e. The number of hydrogen-bond donors (Lipinski definition) is 4. The predicted molar refractivity (Wildman–Crippen MR) is 163 cm³/mol. The van der Waals surface area contributed by atoms with Gasteiger partial charge in [-0.05, 0) is 87.0 Å². The maximum absolute atomic E-state index is 12.6. The molecule has 230 valence electrons. The van der Waals surface area contributed by atoms with E-state index in [9.17, 15) is 29.6 Å². The molecule has 1 saturated carbocycles. The van der Waals surface area contributed by atoms with Crippen LogP contribution in [0.25, 0.3) is 0 Å². The quantitative estimate of drug-likeness (QED) is 0.109. The normalized spacial score (nSPS) is 16.3. The molecule has 0 unspecified atom stereocenters. The van der Waals surface area contributed by atoms with Crippen LogP contribution >= 0.6 is 12.4 Å². The van der Waals surface area contributed by atoms with Gasteiger partial charge in [0.05, 0.1) is 4.92 Å². The zero-order valence-electron chi connectivity index (χ0n) is 23.7. The molecule has 2 aromatic carbocycles. The molecular formula is C30H36ClN5O7. The number of carboxylic acid groups (broad SMARTS) is 1. The number of nitro groups is 1. The van der Waals surface area contributed by atoms with Crippen LogP contribution in [0.4, 0.5) is 11.4 Å². The summed E-state index contributed by atoms with van der Waals surface area (Å²) in [7, 11) is 0. The van der Waals surface area contributed by atoms with Crippen LogP contribution in [0.1, 0.15) is 48.5 Å². The Hall–Kier alpha value is -4.55. The number of halogens is 1. The molecule has 43 heavy (non-hydrogen) atoms. The summed E-state index contributed by atoms with van der Waals surface area (Å²) in [5.74, 6) is -0.471. The number of carbonyl (C=O) groups excluding carboxylic acids is 2. The van der Waals surface area contributed by atoms with E-state index in [1.54, 1.807) is 48.5 Å². The monoisotopic (exact) mass is 613 g/mol. The van der Waals surface area contributed by atoms with Crippen molar-refractivity contribution in [3.63, 3.8) is 0 Å². The molecule has 0 saturated heterocycles. The van der Waals surface area contributed by atoms with Crippen molar-refractivity contribution in [3.05, 3.63) is 88.1 Å². The lowest BCUT2D eigenvalue weighted by Gasteiger charge is -2.27. The number of aromatic nitrogens is 1. The highest BCUT2D eigenvalue weighted by molar-refractivity contribution is 5.94. The Balaban J connectivity index is 0.000000498. The van der Waals surface area contributed by atoms with Crippen molar-refractivity contribution in [1.29, 1.82) is 0 Å². The largest absolute Gasteiger partial charge is 0.480 e. The third-order valence-electron chi connectivity index (χ3n) is 6.97. The number of anilines is 1. The van der Waals surface area contributed by atoms with E-state index in [0.29, 0.717) is 47.9 Å². The first-order valence-electron chi connectivity index (χ1n) is 13.5. The number of carboxylic acids is 1. The number of Topliss-reactive ketones (excluding diaryl/α,β-unsaturated/α-hetero) is 1. The van der Waals surface area contributed by atoms with Crippen LogP contribution < -0.4 is 21.5 Å². The molecule has 1 heterocycles. The summed E-state index contributed by atoms with van der Waals surface area (Å²) in [5, 5.41) is 23.0. The predicted octanol–water partition coefficient (Wildman–Crippen LogP) is 4.55. The molecule has 1 aromatic heterocycles. The molecule has 0 radical (unpaired) electrons. The van der Waals surface area contributed by atoms with Crippen LogP contribution in [0.15, 0.2) is 66.9 Å². The Morgan fingerprint density at radius 1 is 1.09 bits per heavy atom. The zero-order valence-corrected chi connectivity index (χ0v) is 24.5. The SMILES string of the molecule is CC(=O)c1ccc(N)cc1.Cl.NCC1CCC(C(=O)N[C@@H](Cc2cccc(Oc3ccc([N+](=O)[O-])cn3)c2)C(=O)O)CC1. The van der Waals surface area contributed by atoms with Gasteiger partial charge in [0.1, 0.15) is 18.0 Å². The van der Waals surface area contributed by atoms with Crippen LogP contribution in [0, 0.1) is 22.0 Å². The van der Waals surface area contributed by atoms with Crippen LogP contribution in [0.3, 0.4) is 0 Å². The van der Waals surface area contributed by atoms with Crippen LogP contribution in [-0.2, 0) is 16.0 Å². The number of pyridine rings is 1. The highest BCUT2D eigenvalue weighted by atomic mass is 35.5. The third kappa shape index (κ3) is 11.0. The number of nitrogens with two attached hydrogens (primary N) is 2. The molecule has 4 rings (SSSR count). The van der Waals surface area contributed by atoms with Gasteiger partial charge < -0.3 is 26.6 Å². The lowest BCUT2D eigenvalue weighted by molar-refractivity contribution is -0.385. The number of nitrogens with zero attached hydrogens (tertiary/aromatic N) is 2. The molecule has 6 N–H and O–H groups in total. The fourth-order valence-corrected chi connectivity index (χ4v) is 4.50. The van der Waals surface area contributed by atoms with Crippen molar-refractivity contribution in [3.8, 4) is 11.6 Å². The minimum atomic E-state index is -1.11. The van der Waals surface area contributed by atoms with Crippen molar-refractivity contribution >= 4 is 41.4 Å². The first kappa shape index (κ1) is 34.7. The van der Waals surface area contributed by atoms with Crippen molar-refractivity contribution in [2.45, 2.75) is 45.1 Å². The van der Waals surface area contributed by atoms with Gasteiger partial charge in [0.25, 0.3) is 5.69 Å². The first-order chi connectivity index (χ1) is 20.0. The maximum atomic E-state index is 12.6. The molecule has 1 fully saturated rings. The molecule has 1 aliphatic rings. The maximum Gasteiger partial charge on any atom is 0.326 e. The minimum absolute atomic E-state index is 0. The van der Waals surface area contributed by atoms with E-state index in [2.05, 4.69) is 10.3 Å². The van der Waals surface area contributed by atoms with Gasteiger partial charge in [0.2, 0.25) is 11.8 Å². The second kappa shape index (κ2) is 16.8. The van der Waals surface area contributed by atoms with Crippen LogP contribution in [0.5, 0.6) is 11.6 Å². The Morgan fingerprint density at radius 2 is 1.77 bits per heavy atom. The van der Waals surface area contributed by atoms with Gasteiger partial charge in [-0.1, -0.05) is 12.1 Å². The first-order valence-corrected chi connectivity index (χ1v) is 13.5. The highest BCUT2D eigenvalue weighted by Gasteiger charge is 2.29. The smallest absolute Gasteiger partial charge is 0.326 e. The van der Waals surface area contributed by atoms with Gasteiger partial charge in [-0.3, -0.25) is 19.7 Å². The number of aliphatic carboxylic acids is 1. The second-order valence-electron chi connectivity index (χ2n) is 10.1. The number of ketones is 1. The van der Waals surface area contributed by atoms with Crippen LogP contribution in [-0.4, -0.2) is 45.3 Å². The van der Waals surface area contributed by atoms with E-state index in [0.717, 1.165) is 19.0 Å². The summed E-state index contributed by atoms with van der Waals surface area (Å²) in [6.07, 6.45) is 4.36. The molecule has 12 nitrogen and oxygen atoms in total. The fraction of sp³-hybridized carbons (Fsp3) is 0.333. The Kier molecular flexibility index (Phi) is 13.5. The summed E-state index contributed by atoms with van der Waals surface area (Å²) >= 11 is 0. The van der Waals surface area contributed by atoms with Gasteiger partial charge in [-0.25, -0.2) is 9.78 Å². The fourth-order valence-electron chi connectivity index (χ4n) is 4.50. The van der Waals surface area contributed by atoms with Gasteiger partial charge >= 0.3 is 5.97 Å². The number of benzene rings is 2. The van der Waals surface area contributed by atoms with Crippen LogP contribution in [0.2, 0.25) is 0 Å². The van der Waals surface area contributed by atoms with E-state index >= 15 is 0 Å². The topological polar surface area (TPSA) is 201 Å². The standard InChI is InChI=1S/C22H26N4O6.C8H9NO.ClH/c23-12-14-4-6-16(7-5-14)21(27)25-19(22(28)29)11-15-2-1-3-18(10-15)32-20-9-8-17(13-24-20)26(30)31;1-6(10)7-2-4-8(9)5-3-7;/h1-3,8-10,13-14,16,19H,4-7,11-12,23H2,(H,25,27)(H,28,29);2-5H,9H2,1H3;1H/t14?,16?,19-;;/m0../s1. The molecule has 13 heteroatoms. The van der Waals surface area contributed by atoms with E-state index in [-0.39, 0.29) is 48.0 Å². The molecule has 1 atom stereocenters. The number of ether oxygens (including phenoxy) is 1. The molecule has 0 aliphatic heterocycles. The van der Waals surface area contributed by atoms with E-state index in [4.69, 9.17) is 16.2 Å². The van der Waals surface area contributed by atoms with Crippen molar-refractivity contribution in [2.24, 2.45) is 17.6 Å². The molecule has 3 aromatic rings. The third-order valence-corrected chi connectivity index (χ3v) is 6.97. The average molecular weight is 614 g/mol. The summed E-state index contributed by atoms with van der Waals surface area (Å²) in [6.45, 7) is 2.14. The van der Waals surface area contributed by atoms with Gasteiger partial charge in [0.15, 0.2) is 5.78 Å². The number of nitrogens with one attached hydrogen (secondary N) is 1. The Bertz CT molecular complexity index is 1380. The Labute approximate surface area is 255 Å². The number of amides is 1. The summed E-state index contributed by atoms with van der Waals surface area (Å²) in [4.78, 5) is 49.1. The van der Waals surface area contributed by atoms with Gasteiger partial charge in [0, 0.05) is 35.7 Å². The molecule has 0 bridgehead atoms. The second-order valence-corrected chi connectivity index (χ2v) is 10.1. The van der Waals surface area contributed by atoms with Crippen molar-refractivity contribution in [2.75, 3.05) is 12.3 Å². The number of nitrogen functional groups attached to an aromatic ring is 1. The zero-order chi connectivity index (χ0) is 30.6. The molecular weight excluding hydrogens is 578 g/mol. The number of rotatable bonds is 10. The number of hydrogen-bond acceptors (Lipinski definition) is 9. The summed E-state index contributed by atoms with van der Waals surface area (Å²) < 4.78 is 5.61. The summed E-state index contributed by atoms with van der Waals surface area (Å²) in [6, 6.07) is 15.2. The lowest BCUT2D eigenvalue weighted by Crippen LogP contribution is -2.45. The van der Waals surface area contributed by atoms with Crippen molar-refractivity contribution in [1.82, 2.24) is 10.3 Å². The van der Waals surface area contributed by atoms with E-state index in [1.165, 1.54) is 19.1 Å². The molecule has 0 spiro atoms. The average Bonchev–Trinajstić information content (AvgIpc) is 2.98. The number of carbonyl (C=O) groups is 3. The summed E-state index contributed by atoms with van der Waals surface area (Å²) in [5.41, 5.74) is 13.0.